The second kappa shape index (κ2) is 6.06. The molecular formula is C9H9F4NO2. The van der Waals surface area contributed by atoms with E-state index in [1.165, 1.54) is 7.05 Å². The van der Waals surface area contributed by atoms with Crippen molar-refractivity contribution in [2.75, 3.05) is 7.05 Å². The van der Waals surface area contributed by atoms with E-state index in [1.807, 2.05) is 0 Å². The summed E-state index contributed by atoms with van der Waals surface area (Å²) in [7, 11) is 1.50. The van der Waals surface area contributed by atoms with Crippen LogP contribution in [0.5, 0.6) is 5.75 Å². The zero-order valence-electron chi connectivity index (χ0n) is 8.48. The smallest absolute Gasteiger partial charge is 0.308 e. The SMILES string of the molecule is CC(=O)Oc1c(F)c(F)cc(F)c1F.CN. The number of benzene rings is 1. The van der Waals surface area contributed by atoms with Gasteiger partial charge in [0.15, 0.2) is 11.6 Å². The molecule has 0 unspecified atom stereocenters. The molecule has 0 radical (unpaired) electrons. The van der Waals surface area contributed by atoms with Gasteiger partial charge in [0.05, 0.1) is 0 Å². The molecular weight excluding hydrogens is 230 g/mol. The first-order valence-corrected chi connectivity index (χ1v) is 4.02. The average molecular weight is 239 g/mol. The lowest BCUT2D eigenvalue weighted by molar-refractivity contribution is -0.132. The molecule has 1 aromatic rings. The van der Waals surface area contributed by atoms with E-state index in [0.717, 1.165) is 6.92 Å². The molecule has 0 fully saturated rings. The lowest BCUT2D eigenvalue weighted by Crippen LogP contribution is -2.07. The molecule has 2 N–H and O–H groups in total. The summed E-state index contributed by atoms with van der Waals surface area (Å²) >= 11 is 0. The monoisotopic (exact) mass is 239 g/mol. The maximum Gasteiger partial charge on any atom is 0.308 e. The normalized spacial score (nSPS) is 9.19. The molecule has 0 aliphatic carbocycles. The highest BCUT2D eigenvalue weighted by atomic mass is 19.2. The summed E-state index contributed by atoms with van der Waals surface area (Å²) in [5.41, 5.74) is 4.50. The van der Waals surface area contributed by atoms with Crippen LogP contribution in [0.3, 0.4) is 0 Å². The van der Waals surface area contributed by atoms with Crippen molar-refractivity contribution in [1.82, 2.24) is 0 Å². The summed E-state index contributed by atoms with van der Waals surface area (Å²) in [5, 5.41) is 0. The van der Waals surface area contributed by atoms with Crippen LogP contribution in [0.2, 0.25) is 0 Å². The molecule has 1 rings (SSSR count). The molecule has 0 saturated carbocycles. The molecule has 16 heavy (non-hydrogen) atoms. The Balaban J connectivity index is 0.00000106. The largest absolute Gasteiger partial charge is 0.420 e. The number of hydrogen-bond acceptors (Lipinski definition) is 3. The quantitative estimate of drug-likeness (QED) is 0.351. The Hall–Kier alpha value is -1.63. The highest BCUT2D eigenvalue weighted by Crippen LogP contribution is 2.26. The molecule has 1 aromatic carbocycles. The van der Waals surface area contributed by atoms with Gasteiger partial charge in [-0.3, -0.25) is 4.79 Å². The van der Waals surface area contributed by atoms with Gasteiger partial charge in [0, 0.05) is 13.0 Å². The molecule has 0 amide bonds. The molecule has 0 heterocycles. The van der Waals surface area contributed by atoms with Gasteiger partial charge in [-0.15, -0.1) is 0 Å². The number of carbonyl (C=O) groups excluding carboxylic acids is 1. The fourth-order valence-corrected chi connectivity index (χ4v) is 0.785. The Morgan fingerprint density at radius 2 is 1.50 bits per heavy atom. The topological polar surface area (TPSA) is 52.3 Å². The summed E-state index contributed by atoms with van der Waals surface area (Å²) in [4.78, 5) is 10.3. The van der Waals surface area contributed by atoms with Crippen molar-refractivity contribution in [3.05, 3.63) is 29.3 Å². The van der Waals surface area contributed by atoms with Crippen LogP contribution in [-0.4, -0.2) is 13.0 Å². The first kappa shape index (κ1) is 14.4. The number of halogens is 4. The maximum absolute atomic E-state index is 12.7. The molecule has 0 spiro atoms. The predicted molar refractivity (Wildman–Crippen MR) is 47.7 cm³/mol. The number of rotatable bonds is 1. The van der Waals surface area contributed by atoms with E-state index in [2.05, 4.69) is 10.5 Å². The maximum atomic E-state index is 12.7. The van der Waals surface area contributed by atoms with Crippen LogP contribution >= 0.6 is 0 Å². The third-order valence-electron chi connectivity index (χ3n) is 1.32. The van der Waals surface area contributed by atoms with Gasteiger partial charge < -0.3 is 10.5 Å². The minimum Gasteiger partial charge on any atom is -0.420 e. The van der Waals surface area contributed by atoms with Gasteiger partial charge in [-0.05, 0) is 7.05 Å². The summed E-state index contributed by atoms with van der Waals surface area (Å²) in [6, 6.07) is 0.0255. The van der Waals surface area contributed by atoms with Crippen LogP contribution < -0.4 is 10.5 Å². The van der Waals surface area contributed by atoms with Crippen molar-refractivity contribution in [2.45, 2.75) is 6.92 Å². The van der Waals surface area contributed by atoms with Gasteiger partial charge in [-0.25, -0.2) is 8.78 Å². The Morgan fingerprint density at radius 3 is 1.81 bits per heavy atom. The third kappa shape index (κ3) is 3.20. The van der Waals surface area contributed by atoms with Crippen LogP contribution in [0.4, 0.5) is 17.6 Å². The summed E-state index contributed by atoms with van der Waals surface area (Å²) in [6.07, 6.45) is 0. The average Bonchev–Trinajstić information content (AvgIpc) is 2.24. The zero-order valence-corrected chi connectivity index (χ0v) is 8.48. The van der Waals surface area contributed by atoms with E-state index in [4.69, 9.17) is 0 Å². The fourth-order valence-electron chi connectivity index (χ4n) is 0.785. The molecule has 7 heteroatoms. The number of ether oxygens (including phenoxy) is 1. The minimum absolute atomic E-state index is 0.0255. The number of esters is 1. The number of hydrogen-bond donors (Lipinski definition) is 1. The summed E-state index contributed by atoms with van der Waals surface area (Å²) < 4.78 is 54.5. The second-order valence-corrected chi connectivity index (χ2v) is 2.39. The number of carbonyl (C=O) groups is 1. The zero-order chi connectivity index (χ0) is 12.9. The Bertz CT molecular complexity index is 369. The molecule has 3 nitrogen and oxygen atoms in total. The molecule has 0 bridgehead atoms. The standard InChI is InChI=1S/C8H4F4O2.CH5N/c1-3(13)14-8-6(11)4(9)2-5(10)7(8)12;1-2/h2H,1H3;2H2,1H3. The van der Waals surface area contributed by atoms with Crippen LogP contribution in [0, 0.1) is 23.3 Å². The van der Waals surface area contributed by atoms with Crippen molar-refractivity contribution in [2.24, 2.45) is 5.73 Å². The predicted octanol–water partition coefficient (Wildman–Crippen LogP) is 1.74. The van der Waals surface area contributed by atoms with Gasteiger partial charge in [-0.1, -0.05) is 0 Å². The molecule has 0 aliphatic heterocycles. The van der Waals surface area contributed by atoms with Crippen molar-refractivity contribution >= 4 is 5.97 Å². The van der Waals surface area contributed by atoms with Crippen molar-refractivity contribution < 1.29 is 27.1 Å². The van der Waals surface area contributed by atoms with Crippen molar-refractivity contribution in [3.8, 4) is 5.75 Å². The van der Waals surface area contributed by atoms with Gasteiger partial charge in [0.25, 0.3) is 0 Å². The Kier molecular flexibility index (Phi) is 5.44. The van der Waals surface area contributed by atoms with E-state index >= 15 is 0 Å². The first-order chi connectivity index (χ1) is 7.43. The van der Waals surface area contributed by atoms with Gasteiger partial charge >= 0.3 is 5.97 Å². The van der Waals surface area contributed by atoms with Crippen LogP contribution in [0.25, 0.3) is 0 Å². The highest BCUT2D eigenvalue weighted by Gasteiger charge is 2.21. The Morgan fingerprint density at radius 1 is 1.12 bits per heavy atom. The van der Waals surface area contributed by atoms with E-state index in [-0.39, 0.29) is 6.07 Å². The summed E-state index contributed by atoms with van der Waals surface area (Å²) in [6.45, 7) is 0.849. The fraction of sp³-hybridized carbons (Fsp3) is 0.222. The lowest BCUT2D eigenvalue weighted by Gasteiger charge is -2.05. The van der Waals surface area contributed by atoms with Gasteiger partial charge in [-0.2, -0.15) is 8.78 Å². The second-order valence-electron chi connectivity index (χ2n) is 2.39. The Labute approximate surface area is 88.8 Å². The van der Waals surface area contributed by atoms with E-state index in [9.17, 15) is 22.4 Å². The van der Waals surface area contributed by atoms with Gasteiger partial charge in [0.2, 0.25) is 17.4 Å². The van der Waals surface area contributed by atoms with E-state index in [0.29, 0.717) is 0 Å². The van der Waals surface area contributed by atoms with Crippen LogP contribution in [-0.2, 0) is 4.79 Å². The van der Waals surface area contributed by atoms with Crippen LogP contribution in [0.15, 0.2) is 6.07 Å². The van der Waals surface area contributed by atoms with E-state index < -0.39 is 35.0 Å². The molecule has 0 saturated heterocycles. The van der Waals surface area contributed by atoms with Crippen LogP contribution in [0.1, 0.15) is 6.92 Å². The first-order valence-electron chi connectivity index (χ1n) is 4.02. The lowest BCUT2D eigenvalue weighted by atomic mass is 10.3. The molecule has 90 valence electrons. The van der Waals surface area contributed by atoms with Crippen molar-refractivity contribution in [3.63, 3.8) is 0 Å². The summed E-state index contributed by atoms with van der Waals surface area (Å²) in [5.74, 6) is -9.17. The molecule has 0 aromatic heterocycles. The van der Waals surface area contributed by atoms with Crippen molar-refractivity contribution in [1.29, 1.82) is 0 Å². The third-order valence-corrected chi connectivity index (χ3v) is 1.32. The highest BCUT2D eigenvalue weighted by molar-refractivity contribution is 5.69. The minimum atomic E-state index is -1.74. The van der Waals surface area contributed by atoms with E-state index in [1.54, 1.807) is 0 Å². The number of nitrogens with two attached hydrogens (primary N) is 1. The van der Waals surface area contributed by atoms with Gasteiger partial charge in [0.1, 0.15) is 0 Å². The molecule has 0 atom stereocenters. The molecule has 0 aliphatic rings.